The minimum Gasteiger partial charge on any atom is -0.444 e. The van der Waals surface area contributed by atoms with Gasteiger partial charge in [0.1, 0.15) is 11.7 Å². The molecule has 23 heavy (non-hydrogen) atoms. The van der Waals surface area contributed by atoms with Crippen LogP contribution in [0.2, 0.25) is 5.02 Å². The Labute approximate surface area is 140 Å². The molecule has 0 aliphatic carbocycles. The van der Waals surface area contributed by atoms with Gasteiger partial charge in [-0.25, -0.2) is 4.79 Å². The number of halogens is 1. The van der Waals surface area contributed by atoms with Crippen LogP contribution < -0.4 is 5.32 Å². The number of nitrogens with zero attached hydrogens (tertiary/aromatic N) is 1. The van der Waals surface area contributed by atoms with E-state index in [1.54, 1.807) is 20.8 Å². The normalized spacial score (nSPS) is 13.8. The highest BCUT2D eigenvalue weighted by Gasteiger charge is 2.22. The highest BCUT2D eigenvalue weighted by atomic mass is 35.5. The van der Waals surface area contributed by atoms with Crippen LogP contribution in [0.1, 0.15) is 44.4 Å². The second-order valence-corrected chi connectivity index (χ2v) is 6.51. The summed E-state index contributed by atoms with van der Waals surface area (Å²) >= 11 is 5.79. The van der Waals surface area contributed by atoms with Gasteiger partial charge in [-0.2, -0.15) is 5.26 Å². The van der Waals surface area contributed by atoms with Gasteiger partial charge in [0.15, 0.2) is 0 Å². The van der Waals surface area contributed by atoms with Crippen molar-refractivity contribution < 1.29 is 19.7 Å². The van der Waals surface area contributed by atoms with E-state index in [1.807, 2.05) is 6.07 Å². The number of nitriles is 1. The molecule has 1 rings (SSSR count). The molecule has 7 heteroatoms. The Morgan fingerprint density at radius 2 is 2.09 bits per heavy atom. The first-order valence-corrected chi connectivity index (χ1v) is 7.54. The van der Waals surface area contributed by atoms with Gasteiger partial charge in [-0.1, -0.05) is 17.7 Å². The lowest BCUT2D eigenvalue weighted by Crippen LogP contribution is -2.34. The molecule has 0 spiro atoms. The van der Waals surface area contributed by atoms with Gasteiger partial charge in [-0.15, -0.1) is 0 Å². The minimum absolute atomic E-state index is 0.105. The molecule has 0 saturated heterocycles. The van der Waals surface area contributed by atoms with Gasteiger partial charge < -0.3 is 20.3 Å². The molecule has 1 aromatic rings. The zero-order valence-electron chi connectivity index (χ0n) is 13.3. The molecule has 0 saturated carbocycles. The number of alkyl carbamates (subject to hydrolysis) is 1. The van der Waals surface area contributed by atoms with Crippen LogP contribution in [0, 0.1) is 11.3 Å². The lowest BCUT2D eigenvalue weighted by atomic mass is 9.97. The van der Waals surface area contributed by atoms with Crippen LogP contribution >= 0.6 is 11.6 Å². The molecule has 1 amide bonds. The Kier molecular flexibility index (Phi) is 6.82. The summed E-state index contributed by atoms with van der Waals surface area (Å²) in [6.07, 6.45) is -2.88. The molecule has 0 bridgehead atoms. The number of carbonyl (C=O) groups excluding carboxylic acids is 1. The first kappa shape index (κ1) is 19.2. The number of hydrogen-bond acceptors (Lipinski definition) is 5. The number of hydrogen-bond donors (Lipinski definition) is 3. The summed E-state index contributed by atoms with van der Waals surface area (Å²) in [4.78, 5) is 11.5. The molecule has 2 unspecified atom stereocenters. The summed E-state index contributed by atoms with van der Waals surface area (Å²) in [7, 11) is 0. The van der Waals surface area contributed by atoms with Gasteiger partial charge in [-0.05, 0) is 39.3 Å². The Morgan fingerprint density at radius 3 is 2.65 bits per heavy atom. The van der Waals surface area contributed by atoms with Crippen molar-refractivity contribution in [3.8, 4) is 6.07 Å². The van der Waals surface area contributed by atoms with E-state index in [-0.39, 0.29) is 18.5 Å². The minimum atomic E-state index is -1.25. The molecule has 0 aromatic heterocycles. The smallest absolute Gasteiger partial charge is 0.407 e. The Balaban J connectivity index is 2.57. The second-order valence-electron chi connectivity index (χ2n) is 6.07. The number of amides is 1. The Hall–Kier alpha value is -1.81. The average molecular weight is 341 g/mol. The summed E-state index contributed by atoms with van der Waals surface area (Å²) in [5.74, 6) is 0. The van der Waals surface area contributed by atoms with Gasteiger partial charge >= 0.3 is 6.09 Å². The molecule has 3 N–H and O–H groups in total. The Bertz CT molecular complexity index is 593. The van der Waals surface area contributed by atoms with E-state index in [9.17, 15) is 15.0 Å². The van der Waals surface area contributed by atoms with E-state index in [2.05, 4.69) is 5.32 Å². The largest absolute Gasteiger partial charge is 0.444 e. The van der Waals surface area contributed by atoms with Crippen LogP contribution in [-0.2, 0) is 4.74 Å². The van der Waals surface area contributed by atoms with Gasteiger partial charge in [-0.3, -0.25) is 0 Å². The zero-order valence-corrected chi connectivity index (χ0v) is 14.1. The maximum absolute atomic E-state index is 11.5. The molecule has 126 valence electrons. The van der Waals surface area contributed by atoms with E-state index < -0.39 is 23.9 Å². The quantitative estimate of drug-likeness (QED) is 0.764. The summed E-state index contributed by atoms with van der Waals surface area (Å²) in [5, 5.41) is 32.1. The van der Waals surface area contributed by atoms with Crippen LogP contribution in [0.15, 0.2) is 18.2 Å². The van der Waals surface area contributed by atoms with E-state index in [4.69, 9.17) is 21.6 Å². The Morgan fingerprint density at radius 1 is 1.43 bits per heavy atom. The van der Waals surface area contributed by atoms with Crippen molar-refractivity contribution in [2.24, 2.45) is 0 Å². The second kappa shape index (κ2) is 8.16. The average Bonchev–Trinajstić information content (AvgIpc) is 2.44. The first-order chi connectivity index (χ1) is 10.6. The molecule has 6 nitrogen and oxygen atoms in total. The van der Waals surface area contributed by atoms with Crippen molar-refractivity contribution in [3.05, 3.63) is 34.3 Å². The number of carbonyl (C=O) groups is 1. The molecule has 0 fully saturated rings. The van der Waals surface area contributed by atoms with Crippen LogP contribution in [0.5, 0.6) is 0 Å². The lowest BCUT2D eigenvalue weighted by Gasteiger charge is -2.21. The molecular weight excluding hydrogens is 320 g/mol. The van der Waals surface area contributed by atoms with E-state index in [0.29, 0.717) is 10.6 Å². The van der Waals surface area contributed by atoms with Crippen molar-refractivity contribution >= 4 is 17.7 Å². The number of rotatable bonds is 5. The van der Waals surface area contributed by atoms with Crippen LogP contribution in [-0.4, -0.2) is 34.6 Å². The van der Waals surface area contributed by atoms with E-state index in [1.165, 1.54) is 18.2 Å². The molecule has 0 aliphatic heterocycles. The maximum Gasteiger partial charge on any atom is 0.407 e. The first-order valence-electron chi connectivity index (χ1n) is 7.16. The third-order valence-electron chi connectivity index (χ3n) is 2.93. The maximum atomic E-state index is 11.5. The molecule has 0 heterocycles. The zero-order chi connectivity index (χ0) is 17.6. The van der Waals surface area contributed by atoms with Crippen LogP contribution in [0.3, 0.4) is 0 Å². The monoisotopic (exact) mass is 340 g/mol. The van der Waals surface area contributed by atoms with Crippen molar-refractivity contribution in [1.29, 1.82) is 5.26 Å². The fourth-order valence-electron chi connectivity index (χ4n) is 1.88. The molecule has 2 atom stereocenters. The fraction of sp³-hybridized carbons (Fsp3) is 0.500. The van der Waals surface area contributed by atoms with Crippen molar-refractivity contribution in [2.75, 3.05) is 6.54 Å². The predicted octanol–water partition coefficient (Wildman–Crippen LogP) is 2.52. The highest BCUT2D eigenvalue weighted by Crippen LogP contribution is 2.25. The third-order valence-corrected chi connectivity index (χ3v) is 3.16. The van der Waals surface area contributed by atoms with Gasteiger partial charge in [0, 0.05) is 17.1 Å². The van der Waals surface area contributed by atoms with Crippen molar-refractivity contribution in [1.82, 2.24) is 5.32 Å². The van der Waals surface area contributed by atoms with E-state index >= 15 is 0 Å². The third kappa shape index (κ3) is 6.45. The lowest BCUT2D eigenvalue weighted by molar-refractivity contribution is 0.0121. The van der Waals surface area contributed by atoms with Crippen LogP contribution in [0.4, 0.5) is 4.79 Å². The summed E-state index contributed by atoms with van der Waals surface area (Å²) in [5.41, 5.74) is -0.112. The number of aliphatic hydroxyl groups is 2. The topological polar surface area (TPSA) is 103 Å². The van der Waals surface area contributed by atoms with Crippen molar-refractivity contribution in [3.63, 3.8) is 0 Å². The molecular formula is C16H21ClN2O4. The number of aliphatic hydroxyl groups excluding tert-OH is 2. The summed E-state index contributed by atoms with van der Waals surface area (Å²) in [6.45, 7) is 5.36. The SMILES string of the molecule is CC(C)(C)OC(=O)NCCC(O)C(O)c1ccc(Cl)cc1C#N. The van der Waals surface area contributed by atoms with Crippen molar-refractivity contribution in [2.45, 2.75) is 45.0 Å². The number of nitrogens with one attached hydrogen (secondary N) is 1. The number of ether oxygens (including phenoxy) is 1. The van der Waals surface area contributed by atoms with E-state index in [0.717, 1.165) is 0 Å². The van der Waals surface area contributed by atoms with Gasteiger partial charge in [0.25, 0.3) is 0 Å². The predicted molar refractivity (Wildman–Crippen MR) is 86.0 cm³/mol. The fourth-order valence-corrected chi connectivity index (χ4v) is 2.06. The molecule has 0 radical (unpaired) electrons. The van der Waals surface area contributed by atoms with Gasteiger partial charge in [0.05, 0.1) is 17.7 Å². The number of benzene rings is 1. The van der Waals surface area contributed by atoms with Gasteiger partial charge in [0.2, 0.25) is 0 Å². The summed E-state index contributed by atoms with van der Waals surface area (Å²) in [6, 6.07) is 6.38. The van der Waals surface area contributed by atoms with Crippen LogP contribution in [0.25, 0.3) is 0 Å². The standard InChI is InChI=1S/C16H21ClN2O4/c1-16(2,3)23-15(22)19-7-6-13(20)14(21)12-5-4-11(17)8-10(12)9-18/h4-5,8,13-14,20-21H,6-7H2,1-3H3,(H,19,22). The summed E-state index contributed by atoms with van der Waals surface area (Å²) < 4.78 is 5.06. The highest BCUT2D eigenvalue weighted by molar-refractivity contribution is 6.30. The molecule has 0 aliphatic rings. The molecule has 1 aromatic carbocycles.